The molecule has 3 aromatic rings. The van der Waals surface area contributed by atoms with Gasteiger partial charge in [-0.15, -0.1) is 0 Å². The summed E-state index contributed by atoms with van der Waals surface area (Å²) in [7, 11) is 5.16. The van der Waals surface area contributed by atoms with Crippen LogP contribution in [0.5, 0.6) is 5.75 Å². The average Bonchev–Trinajstić information content (AvgIpc) is 2.86. The van der Waals surface area contributed by atoms with E-state index >= 15 is 0 Å². The number of carbonyl (C=O) groups is 1. The molecule has 0 saturated carbocycles. The highest BCUT2D eigenvalue weighted by Crippen LogP contribution is 2.36. The molecule has 0 radical (unpaired) electrons. The molecule has 6 heteroatoms. The molecule has 1 atom stereocenters. The van der Waals surface area contributed by atoms with Crippen molar-refractivity contribution in [2.45, 2.75) is 25.2 Å². The molecule has 1 aliphatic carbocycles. The van der Waals surface area contributed by atoms with E-state index in [0.717, 1.165) is 42.9 Å². The second-order valence-corrected chi connectivity index (χ2v) is 8.03. The Morgan fingerprint density at radius 3 is 2.81 bits per heavy atom. The molecule has 1 N–H and O–H groups in total. The van der Waals surface area contributed by atoms with Crippen LogP contribution in [0.4, 0.5) is 17.1 Å². The van der Waals surface area contributed by atoms with E-state index in [1.165, 1.54) is 18.2 Å². The summed E-state index contributed by atoms with van der Waals surface area (Å²) in [4.78, 5) is 18.4. The molecule has 0 bridgehead atoms. The third-order valence-corrected chi connectivity index (χ3v) is 6.16. The van der Waals surface area contributed by atoms with Crippen molar-refractivity contribution in [3.63, 3.8) is 0 Å². The summed E-state index contributed by atoms with van der Waals surface area (Å²) < 4.78 is 10.3. The van der Waals surface area contributed by atoms with Crippen LogP contribution in [0, 0.1) is 0 Å². The first-order valence-electron chi connectivity index (χ1n) is 10.9. The van der Waals surface area contributed by atoms with Crippen molar-refractivity contribution in [2.75, 3.05) is 38.0 Å². The summed E-state index contributed by atoms with van der Waals surface area (Å²) >= 11 is 0. The van der Waals surface area contributed by atoms with Gasteiger partial charge in [-0.25, -0.2) is 4.79 Å². The zero-order valence-electron chi connectivity index (χ0n) is 18.8. The van der Waals surface area contributed by atoms with E-state index < -0.39 is 0 Å². The second-order valence-electron chi connectivity index (χ2n) is 8.03. The van der Waals surface area contributed by atoms with Crippen molar-refractivity contribution >= 4 is 23.0 Å². The summed E-state index contributed by atoms with van der Waals surface area (Å²) in [5.41, 5.74) is 6.22. The standard InChI is InChI=1S/C26H29N3O3/c1-29(20-8-5-9-22(15-20)31-2)21-10-11-23-18(14-21)6-4-7-19(23)16-28-25-17-27-13-12-24(25)26(30)32-3/h5,8-15,17,19,28H,4,6-7,16H2,1-3H3/t19-/m0/s1. The number of anilines is 3. The maximum Gasteiger partial charge on any atom is 0.340 e. The van der Waals surface area contributed by atoms with Crippen molar-refractivity contribution < 1.29 is 14.3 Å². The van der Waals surface area contributed by atoms with Crippen LogP contribution in [0.2, 0.25) is 0 Å². The van der Waals surface area contributed by atoms with Crippen LogP contribution in [0.15, 0.2) is 60.9 Å². The summed E-state index contributed by atoms with van der Waals surface area (Å²) in [6.45, 7) is 0.744. The molecule has 0 aliphatic heterocycles. The van der Waals surface area contributed by atoms with E-state index in [0.29, 0.717) is 17.2 Å². The van der Waals surface area contributed by atoms with Crippen LogP contribution in [0.25, 0.3) is 0 Å². The maximum absolute atomic E-state index is 12.0. The Balaban J connectivity index is 1.52. The molecule has 1 heterocycles. The minimum Gasteiger partial charge on any atom is -0.497 e. The molecule has 0 unspecified atom stereocenters. The SMILES string of the molecule is COC(=O)c1ccncc1NC[C@@H]1CCCc2cc(N(C)c3cccc(OC)c3)ccc21. The van der Waals surface area contributed by atoms with Gasteiger partial charge in [0.2, 0.25) is 0 Å². The second kappa shape index (κ2) is 9.73. The summed E-state index contributed by atoms with van der Waals surface area (Å²) in [5, 5.41) is 3.43. The highest BCUT2D eigenvalue weighted by molar-refractivity contribution is 5.95. The van der Waals surface area contributed by atoms with Crippen LogP contribution in [-0.2, 0) is 11.2 Å². The van der Waals surface area contributed by atoms with Crippen molar-refractivity contribution in [3.05, 3.63) is 77.6 Å². The van der Waals surface area contributed by atoms with Crippen LogP contribution < -0.4 is 15.0 Å². The number of nitrogens with one attached hydrogen (secondary N) is 1. The Bertz CT molecular complexity index is 1100. The monoisotopic (exact) mass is 431 g/mol. The number of pyridine rings is 1. The lowest BCUT2D eigenvalue weighted by Gasteiger charge is -2.28. The lowest BCUT2D eigenvalue weighted by Crippen LogP contribution is -2.20. The number of hydrogen-bond acceptors (Lipinski definition) is 6. The summed E-state index contributed by atoms with van der Waals surface area (Å²) in [6.07, 6.45) is 6.61. The molecule has 32 heavy (non-hydrogen) atoms. The number of nitrogens with zero attached hydrogens (tertiary/aromatic N) is 2. The molecule has 0 spiro atoms. The van der Waals surface area contributed by atoms with Gasteiger partial charge in [0.05, 0.1) is 31.7 Å². The molecule has 4 rings (SSSR count). The zero-order valence-corrected chi connectivity index (χ0v) is 18.8. The van der Waals surface area contributed by atoms with Crippen LogP contribution >= 0.6 is 0 Å². The molecule has 6 nitrogen and oxygen atoms in total. The largest absolute Gasteiger partial charge is 0.497 e. The number of rotatable bonds is 7. The molecule has 166 valence electrons. The third kappa shape index (κ3) is 4.54. The number of aryl methyl sites for hydroxylation is 1. The lowest BCUT2D eigenvalue weighted by atomic mass is 9.82. The van der Waals surface area contributed by atoms with Crippen LogP contribution in [0.3, 0.4) is 0 Å². The van der Waals surface area contributed by atoms with Crippen molar-refractivity contribution in [1.82, 2.24) is 4.98 Å². The van der Waals surface area contributed by atoms with E-state index in [9.17, 15) is 4.79 Å². The quantitative estimate of drug-likeness (QED) is 0.520. The van der Waals surface area contributed by atoms with Gasteiger partial charge in [0.1, 0.15) is 5.75 Å². The Labute approximate surface area is 189 Å². The predicted octanol–water partition coefficient (Wildman–Crippen LogP) is 5.18. The first-order valence-corrected chi connectivity index (χ1v) is 10.9. The van der Waals surface area contributed by atoms with Gasteiger partial charge in [-0.05, 0) is 60.7 Å². The van der Waals surface area contributed by atoms with Crippen LogP contribution in [-0.4, -0.2) is 38.8 Å². The first kappa shape index (κ1) is 21.7. The number of benzene rings is 2. The highest BCUT2D eigenvalue weighted by atomic mass is 16.5. The Hall–Kier alpha value is -3.54. The van der Waals surface area contributed by atoms with Gasteiger partial charge in [-0.2, -0.15) is 0 Å². The van der Waals surface area contributed by atoms with Gasteiger partial charge in [0, 0.05) is 43.1 Å². The van der Waals surface area contributed by atoms with Gasteiger partial charge < -0.3 is 19.7 Å². The van der Waals surface area contributed by atoms with Gasteiger partial charge in [0.15, 0.2) is 0 Å². The van der Waals surface area contributed by atoms with E-state index in [-0.39, 0.29) is 5.97 Å². The molecule has 0 fully saturated rings. The minimum atomic E-state index is -0.357. The Morgan fingerprint density at radius 1 is 1.16 bits per heavy atom. The van der Waals surface area contributed by atoms with Crippen molar-refractivity contribution in [1.29, 1.82) is 0 Å². The van der Waals surface area contributed by atoms with Gasteiger partial charge in [-0.3, -0.25) is 4.98 Å². The summed E-state index contributed by atoms with van der Waals surface area (Å²) in [6, 6.07) is 16.5. The third-order valence-electron chi connectivity index (χ3n) is 6.16. The zero-order chi connectivity index (χ0) is 22.5. The molecule has 0 amide bonds. The van der Waals surface area contributed by atoms with E-state index in [2.05, 4.69) is 46.5 Å². The smallest absolute Gasteiger partial charge is 0.340 e. The normalized spacial score (nSPS) is 14.9. The molecule has 1 aromatic heterocycles. The summed E-state index contributed by atoms with van der Waals surface area (Å²) in [5.74, 6) is 0.866. The highest BCUT2D eigenvalue weighted by Gasteiger charge is 2.22. The number of fused-ring (bicyclic) bond motifs is 1. The van der Waals surface area contributed by atoms with Crippen molar-refractivity contribution in [2.24, 2.45) is 0 Å². The predicted molar refractivity (Wildman–Crippen MR) is 127 cm³/mol. The average molecular weight is 432 g/mol. The van der Waals surface area contributed by atoms with Crippen LogP contribution in [0.1, 0.15) is 40.2 Å². The maximum atomic E-state index is 12.0. The minimum absolute atomic E-state index is 0.357. The fraction of sp³-hybridized carbons (Fsp3) is 0.308. The van der Waals surface area contributed by atoms with E-state index in [1.807, 2.05) is 18.2 Å². The fourth-order valence-electron chi connectivity index (χ4n) is 4.35. The number of methoxy groups -OCH3 is 2. The van der Waals surface area contributed by atoms with Crippen molar-refractivity contribution in [3.8, 4) is 5.75 Å². The molecular weight excluding hydrogens is 402 g/mol. The topological polar surface area (TPSA) is 63.7 Å². The number of carbonyl (C=O) groups excluding carboxylic acids is 1. The first-order chi connectivity index (χ1) is 15.6. The molecular formula is C26H29N3O3. The number of aromatic nitrogens is 1. The Kier molecular flexibility index (Phi) is 6.59. The number of ether oxygens (including phenoxy) is 2. The van der Waals surface area contributed by atoms with Gasteiger partial charge in [-0.1, -0.05) is 12.1 Å². The fourth-order valence-corrected chi connectivity index (χ4v) is 4.35. The van der Waals surface area contributed by atoms with Gasteiger partial charge >= 0.3 is 5.97 Å². The number of esters is 1. The van der Waals surface area contributed by atoms with Gasteiger partial charge in [0.25, 0.3) is 0 Å². The number of hydrogen-bond donors (Lipinski definition) is 1. The molecule has 2 aromatic carbocycles. The Morgan fingerprint density at radius 2 is 2.00 bits per heavy atom. The lowest BCUT2D eigenvalue weighted by molar-refractivity contribution is 0.0601. The van der Waals surface area contributed by atoms with E-state index in [4.69, 9.17) is 9.47 Å². The molecule has 0 saturated heterocycles. The van der Waals surface area contributed by atoms with E-state index in [1.54, 1.807) is 25.6 Å². The molecule has 1 aliphatic rings.